The van der Waals surface area contributed by atoms with Crippen LogP contribution in [0.3, 0.4) is 0 Å². The van der Waals surface area contributed by atoms with Gasteiger partial charge in [0.25, 0.3) is 10.9 Å². The highest BCUT2D eigenvalue weighted by molar-refractivity contribution is 7.91. The molecule has 2 fully saturated rings. The molecule has 0 unspecified atom stereocenters. The average molecular weight is 511 g/mol. The third-order valence-electron chi connectivity index (χ3n) is 6.98. The Hall–Kier alpha value is -2.10. The van der Waals surface area contributed by atoms with Crippen LogP contribution in [-0.4, -0.2) is 37.5 Å². The summed E-state index contributed by atoms with van der Waals surface area (Å²) in [6, 6.07) is 2.60. The molecule has 2 aromatic carbocycles. The van der Waals surface area contributed by atoms with Gasteiger partial charge >= 0.3 is 0 Å². The number of aromatic hydroxyl groups is 1. The molecule has 0 radical (unpaired) electrons. The summed E-state index contributed by atoms with van der Waals surface area (Å²) in [5.41, 5.74) is -1.28. The molecule has 1 saturated heterocycles. The molecule has 3 atom stereocenters. The van der Waals surface area contributed by atoms with Crippen LogP contribution in [0.2, 0.25) is 5.02 Å². The van der Waals surface area contributed by atoms with E-state index in [2.05, 4.69) is 10.6 Å². The minimum Gasteiger partial charge on any atom is -0.504 e. The fourth-order valence-corrected chi connectivity index (χ4v) is 7.47. The fraction of sp³-hybridized carbons (Fsp3) is 0.583. The van der Waals surface area contributed by atoms with Gasteiger partial charge in [0.1, 0.15) is 16.3 Å². The minimum atomic E-state index is -3.85. The van der Waals surface area contributed by atoms with Gasteiger partial charge in [0.2, 0.25) is 0 Å². The maximum Gasteiger partial charge on any atom is 0.253 e. The Morgan fingerprint density at radius 1 is 1.12 bits per heavy atom. The maximum atomic E-state index is 13.1. The summed E-state index contributed by atoms with van der Waals surface area (Å²) < 4.78 is 32.0. The molecule has 8 nitrogen and oxygen atoms in total. The molecule has 1 heterocycles. The summed E-state index contributed by atoms with van der Waals surface area (Å²) in [6.45, 7) is 3.97. The lowest BCUT2D eigenvalue weighted by atomic mass is 10.0. The van der Waals surface area contributed by atoms with E-state index in [1.807, 2.05) is 13.8 Å². The van der Waals surface area contributed by atoms with Crippen molar-refractivity contribution >= 4 is 38.5 Å². The monoisotopic (exact) mass is 510 g/mol. The number of sulfone groups is 1. The average Bonchev–Trinajstić information content (AvgIpc) is 3.45. The first-order chi connectivity index (χ1) is 16.1. The van der Waals surface area contributed by atoms with Crippen molar-refractivity contribution in [3.05, 3.63) is 37.6 Å². The van der Waals surface area contributed by atoms with E-state index in [4.69, 9.17) is 16.3 Å². The standard InChI is InChI=1S/C24H31ClN2O6S/c1-3-16(18-11-8-13(2)33-18)26-19-20(23(30)22(19)29)27-17-10-9-15(25)24(21(17)28)34(31,32)12-14-6-4-5-7-14/h9-10,13-14,16,18,26-28H,3-8,11-12H2,1-2H3/t13-,16-,18-/m1/s1. The van der Waals surface area contributed by atoms with Gasteiger partial charge in [-0.05, 0) is 57.1 Å². The third-order valence-corrected chi connectivity index (χ3v) is 9.35. The van der Waals surface area contributed by atoms with Crippen molar-refractivity contribution < 1.29 is 18.3 Å². The number of benzene rings is 1. The Morgan fingerprint density at radius 2 is 1.79 bits per heavy atom. The number of anilines is 3. The van der Waals surface area contributed by atoms with Crippen LogP contribution in [0.5, 0.6) is 5.75 Å². The van der Waals surface area contributed by atoms with E-state index in [1.54, 1.807) is 0 Å². The zero-order valence-electron chi connectivity index (χ0n) is 19.4. The Balaban J connectivity index is 1.59. The summed E-state index contributed by atoms with van der Waals surface area (Å²) in [6.07, 6.45) is 6.17. The Labute approximate surface area is 204 Å². The minimum absolute atomic E-state index is 0.00309. The van der Waals surface area contributed by atoms with Crippen molar-refractivity contribution in [2.75, 3.05) is 16.4 Å². The zero-order chi connectivity index (χ0) is 24.6. The van der Waals surface area contributed by atoms with Gasteiger partial charge in [-0.25, -0.2) is 8.42 Å². The quantitative estimate of drug-likeness (QED) is 0.340. The van der Waals surface area contributed by atoms with Crippen LogP contribution in [0.25, 0.3) is 0 Å². The van der Waals surface area contributed by atoms with E-state index in [0.29, 0.717) is 6.42 Å². The molecule has 1 aliphatic heterocycles. The molecule has 2 aliphatic rings. The SMILES string of the molecule is CC[C@@H](Nc1c(Nc2ccc(Cl)c(S(=O)(=O)CC3CCCC3)c2O)c(=O)c1=O)[C@H]1CC[C@@H](C)O1. The Morgan fingerprint density at radius 3 is 2.41 bits per heavy atom. The first kappa shape index (κ1) is 25.0. The molecule has 0 spiro atoms. The molecule has 0 bridgehead atoms. The first-order valence-corrected chi connectivity index (χ1v) is 13.9. The van der Waals surface area contributed by atoms with E-state index in [0.717, 1.165) is 38.5 Å². The second-order valence-electron chi connectivity index (χ2n) is 9.46. The highest BCUT2D eigenvalue weighted by atomic mass is 35.5. The summed E-state index contributed by atoms with van der Waals surface area (Å²) in [5, 5.41) is 16.7. The van der Waals surface area contributed by atoms with Crippen molar-refractivity contribution in [1.82, 2.24) is 0 Å². The summed E-state index contributed by atoms with van der Waals surface area (Å²) >= 11 is 6.18. The van der Waals surface area contributed by atoms with Crippen LogP contribution >= 0.6 is 11.6 Å². The summed E-state index contributed by atoms with van der Waals surface area (Å²) in [5.74, 6) is -0.605. The van der Waals surface area contributed by atoms with Gasteiger partial charge in [0, 0.05) is 0 Å². The largest absolute Gasteiger partial charge is 0.504 e. The lowest BCUT2D eigenvalue weighted by Crippen LogP contribution is -2.42. The lowest BCUT2D eigenvalue weighted by molar-refractivity contribution is 0.0438. The van der Waals surface area contributed by atoms with Gasteiger partial charge in [-0.15, -0.1) is 0 Å². The van der Waals surface area contributed by atoms with Crippen molar-refractivity contribution in [2.24, 2.45) is 5.92 Å². The highest BCUT2D eigenvalue weighted by Crippen LogP contribution is 2.41. The topological polar surface area (TPSA) is 122 Å². The van der Waals surface area contributed by atoms with E-state index >= 15 is 0 Å². The number of ether oxygens (including phenoxy) is 1. The second-order valence-corrected chi connectivity index (χ2v) is 11.8. The van der Waals surface area contributed by atoms with Gasteiger partial charge in [-0.2, -0.15) is 0 Å². The molecule has 1 aliphatic carbocycles. The fourth-order valence-electron chi connectivity index (χ4n) is 5.07. The van der Waals surface area contributed by atoms with Crippen LogP contribution in [0.4, 0.5) is 17.1 Å². The first-order valence-electron chi connectivity index (χ1n) is 11.9. The summed E-state index contributed by atoms with van der Waals surface area (Å²) in [4.78, 5) is 24.3. The summed E-state index contributed by atoms with van der Waals surface area (Å²) in [7, 11) is -3.85. The lowest BCUT2D eigenvalue weighted by Gasteiger charge is -2.26. The molecule has 0 amide bonds. The number of phenolic OH excluding ortho intramolecular Hbond substituents is 1. The van der Waals surface area contributed by atoms with Crippen LogP contribution in [0, 0.1) is 5.92 Å². The molecule has 2 aromatic rings. The van der Waals surface area contributed by atoms with Crippen LogP contribution in [-0.2, 0) is 14.6 Å². The van der Waals surface area contributed by atoms with Crippen molar-refractivity contribution in [3.63, 3.8) is 0 Å². The molecule has 1 saturated carbocycles. The van der Waals surface area contributed by atoms with E-state index in [9.17, 15) is 23.1 Å². The number of nitrogens with one attached hydrogen (secondary N) is 2. The highest BCUT2D eigenvalue weighted by Gasteiger charge is 2.33. The maximum absolute atomic E-state index is 13.1. The van der Waals surface area contributed by atoms with Crippen molar-refractivity contribution in [2.45, 2.75) is 81.9 Å². The van der Waals surface area contributed by atoms with Crippen LogP contribution < -0.4 is 21.5 Å². The van der Waals surface area contributed by atoms with Crippen LogP contribution in [0.15, 0.2) is 26.6 Å². The molecule has 34 heavy (non-hydrogen) atoms. The smallest absolute Gasteiger partial charge is 0.253 e. The number of phenols is 1. The normalized spacial score (nSPS) is 22.3. The van der Waals surface area contributed by atoms with Crippen molar-refractivity contribution in [1.29, 1.82) is 0 Å². The molecule has 10 heteroatoms. The van der Waals surface area contributed by atoms with Crippen LogP contribution in [0.1, 0.15) is 58.8 Å². The predicted octanol–water partition coefficient (Wildman–Crippen LogP) is 4.11. The van der Waals surface area contributed by atoms with E-state index in [-0.39, 0.29) is 56.9 Å². The third kappa shape index (κ3) is 4.83. The molecule has 3 N–H and O–H groups in total. The number of hydrogen-bond donors (Lipinski definition) is 3. The number of halogens is 1. The van der Waals surface area contributed by atoms with E-state index in [1.165, 1.54) is 12.1 Å². The molecule has 0 aromatic heterocycles. The zero-order valence-corrected chi connectivity index (χ0v) is 21.0. The van der Waals surface area contributed by atoms with Gasteiger partial charge in [0.05, 0.1) is 34.7 Å². The van der Waals surface area contributed by atoms with Crippen molar-refractivity contribution in [3.8, 4) is 5.75 Å². The van der Waals surface area contributed by atoms with Gasteiger partial charge in [-0.1, -0.05) is 31.4 Å². The molecule has 186 valence electrons. The number of rotatable bonds is 9. The Kier molecular flexibility index (Phi) is 7.26. The number of hydrogen-bond acceptors (Lipinski definition) is 8. The molecular weight excluding hydrogens is 480 g/mol. The molecular formula is C24H31ClN2O6S. The molecule has 4 rings (SSSR count). The predicted molar refractivity (Wildman–Crippen MR) is 133 cm³/mol. The van der Waals surface area contributed by atoms with Gasteiger partial charge in [-0.3, -0.25) is 9.59 Å². The van der Waals surface area contributed by atoms with Gasteiger partial charge < -0.3 is 20.5 Å². The van der Waals surface area contributed by atoms with E-state index < -0.39 is 26.4 Å². The van der Waals surface area contributed by atoms with Gasteiger partial charge in [0.15, 0.2) is 15.6 Å². The Bertz CT molecular complexity index is 1230. The second kappa shape index (κ2) is 9.87.